The van der Waals surface area contributed by atoms with E-state index in [9.17, 15) is 0 Å². The van der Waals surface area contributed by atoms with Gasteiger partial charge in [-0.1, -0.05) is 13.0 Å². The Morgan fingerprint density at radius 3 is 2.60 bits per heavy atom. The Morgan fingerprint density at radius 1 is 1.70 bits per heavy atom. The predicted molar refractivity (Wildman–Crippen MR) is 42.9 cm³/mol. The van der Waals surface area contributed by atoms with Crippen molar-refractivity contribution in [2.24, 2.45) is 5.92 Å². The molecule has 0 aromatic carbocycles. The topological polar surface area (TPSA) is 12.5 Å². The fourth-order valence-corrected chi connectivity index (χ4v) is 1.21. The number of epoxide rings is 1. The monoisotopic (exact) mass is 140 g/mol. The summed E-state index contributed by atoms with van der Waals surface area (Å²) in [7, 11) is 0. The predicted octanol–water partition coefficient (Wildman–Crippen LogP) is 2.38. The summed E-state index contributed by atoms with van der Waals surface area (Å²) < 4.78 is 5.30. The van der Waals surface area contributed by atoms with Crippen molar-refractivity contribution in [1.29, 1.82) is 0 Å². The van der Waals surface area contributed by atoms with Crippen molar-refractivity contribution in [1.82, 2.24) is 0 Å². The molecule has 3 atom stereocenters. The Bertz CT molecular complexity index is 120. The van der Waals surface area contributed by atoms with Crippen LogP contribution in [0.5, 0.6) is 0 Å². The molecule has 0 spiro atoms. The van der Waals surface area contributed by atoms with Gasteiger partial charge in [-0.15, -0.1) is 6.58 Å². The molecule has 1 fully saturated rings. The second-order valence-corrected chi connectivity index (χ2v) is 3.02. The molecular weight excluding hydrogens is 124 g/mol. The minimum Gasteiger partial charge on any atom is -0.370 e. The third kappa shape index (κ3) is 1.84. The lowest BCUT2D eigenvalue weighted by Crippen LogP contribution is -2.00. The van der Waals surface area contributed by atoms with Crippen LogP contribution in [0.4, 0.5) is 0 Å². The first-order valence-corrected chi connectivity index (χ1v) is 4.06. The molecule has 2 unspecified atom stereocenters. The zero-order valence-corrected chi connectivity index (χ0v) is 6.84. The van der Waals surface area contributed by atoms with Crippen LogP contribution in [0.1, 0.15) is 26.7 Å². The van der Waals surface area contributed by atoms with Crippen LogP contribution in [-0.2, 0) is 4.74 Å². The number of hydrogen-bond acceptors (Lipinski definition) is 1. The van der Waals surface area contributed by atoms with Gasteiger partial charge in [-0.3, -0.25) is 0 Å². The summed E-state index contributed by atoms with van der Waals surface area (Å²) in [6.45, 7) is 8.10. The fourth-order valence-electron chi connectivity index (χ4n) is 1.21. The van der Waals surface area contributed by atoms with Crippen LogP contribution in [0, 0.1) is 5.92 Å². The lowest BCUT2D eigenvalue weighted by atomic mass is 10.00. The van der Waals surface area contributed by atoms with E-state index in [-0.39, 0.29) is 0 Å². The summed E-state index contributed by atoms with van der Waals surface area (Å²) in [5.74, 6) is 0.662. The zero-order valence-electron chi connectivity index (χ0n) is 6.84. The van der Waals surface area contributed by atoms with Gasteiger partial charge in [0.1, 0.15) is 0 Å². The minimum absolute atomic E-state index is 0.508. The molecule has 1 heterocycles. The SMILES string of the molecule is C=C[C@H](CC)CC1OC1C. The van der Waals surface area contributed by atoms with E-state index in [1.165, 1.54) is 12.8 Å². The highest BCUT2D eigenvalue weighted by atomic mass is 16.6. The van der Waals surface area contributed by atoms with Crippen LogP contribution in [0.2, 0.25) is 0 Å². The molecule has 0 aliphatic carbocycles. The van der Waals surface area contributed by atoms with E-state index < -0.39 is 0 Å². The van der Waals surface area contributed by atoms with E-state index >= 15 is 0 Å². The Hall–Kier alpha value is -0.300. The highest BCUT2D eigenvalue weighted by Gasteiger charge is 2.34. The van der Waals surface area contributed by atoms with Crippen LogP contribution in [0.25, 0.3) is 0 Å². The standard InChI is InChI=1S/C9H16O/c1-4-8(5-2)6-9-7(3)10-9/h4,7-9H,1,5-6H2,2-3H3/t7?,8-,9?/m1/s1. The Balaban J connectivity index is 2.16. The molecule has 1 aliphatic rings. The highest BCUT2D eigenvalue weighted by Crippen LogP contribution is 2.29. The minimum atomic E-state index is 0.508. The maximum Gasteiger partial charge on any atom is 0.0844 e. The van der Waals surface area contributed by atoms with Gasteiger partial charge in [-0.25, -0.2) is 0 Å². The van der Waals surface area contributed by atoms with Gasteiger partial charge in [0.15, 0.2) is 0 Å². The number of ether oxygens (including phenoxy) is 1. The van der Waals surface area contributed by atoms with Gasteiger partial charge in [-0.05, 0) is 25.7 Å². The molecule has 0 radical (unpaired) electrons. The van der Waals surface area contributed by atoms with E-state index in [2.05, 4.69) is 20.4 Å². The van der Waals surface area contributed by atoms with Crippen molar-refractivity contribution in [3.63, 3.8) is 0 Å². The summed E-state index contributed by atoms with van der Waals surface area (Å²) in [5, 5.41) is 0. The van der Waals surface area contributed by atoms with Crippen molar-refractivity contribution in [3.05, 3.63) is 12.7 Å². The highest BCUT2D eigenvalue weighted by molar-refractivity contribution is 4.88. The first-order chi connectivity index (χ1) is 4.77. The number of rotatable bonds is 4. The van der Waals surface area contributed by atoms with Crippen molar-refractivity contribution in [2.75, 3.05) is 0 Å². The van der Waals surface area contributed by atoms with E-state index in [0.717, 1.165) is 0 Å². The molecule has 0 saturated carbocycles. The van der Waals surface area contributed by atoms with Crippen LogP contribution < -0.4 is 0 Å². The Labute approximate surface area is 63.1 Å². The molecule has 1 rings (SSSR count). The summed E-state index contributed by atoms with van der Waals surface area (Å²) in [6.07, 6.45) is 5.43. The molecular formula is C9H16O. The normalized spacial score (nSPS) is 33.4. The molecule has 0 bridgehead atoms. The molecule has 10 heavy (non-hydrogen) atoms. The lowest BCUT2D eigenvalue weighted by Gasteiger charge is -2.05. The Kier molecular flexibility index (Phi) is 2.50. The first kappa shape index (κ1) is 7.80. The van der Waals surface area contributed by atoms with E-state index in [1.807, 2.05) is 6.08 Å². The summed E-state index contributed by atoms with van der Waals surface area (Å²) in [5.41, 5.74) is 0. The molecule has 1 nitrogen and oxygen atoms in total. The molecule has 0 N–H and O–H groups in total. The molecule has 0 aromatic heterocycles. The van der Waals surface area contributed by atoms with Gasteiger partial charge >= 0.3 is 0 Å². The largest absolute Gasteiger partial charge is 0.370 e. The number of hydrogen-bond donors (Lipinski definition) is 0. The van der Waals surface area contributed by atoms with Crippen molar-refractivity contribution in [2.45, 2.75) is 38.9 Å². The van der Waals surface area contributed by atoms with Gasteiger partial charge in [0.05, 0.1) is 12.2 Å². The smallest absolute Gasteiger partial charge is 0.0844 e. The molecule has 1 heteroatoms. The molecule has 1 saturated heterocycles. The Morgan fingerprint density at radius 2 is 2.30 bits per heavy atom. The lowest BCUT2D eigenvalue weighted by molar-refractivity contribution is 0.352. The first-order valence-electron chi connectivity index (χ1n) is 4.06. The van der Waals surface area contributed by atoms with Gasteiger partial charge in [0, 0.05) is 0 Å². The quantitative estimate of drug-likeness (QED) is 0.431. The summed E-state index contributed by atoms with van der Waals surface area (Å²) in [6, 6.07) is 0. The van der Waals surface area contributed by atoms with Gasteiger partial charge in [0.2, 0.25) is 0 Å². The number of allylic oxidation sites excluding steroid dienone is 1. The van der Waals surface area contributed by atoms with E-state index in [1.54, 1.807) is 0 Å². The van der Waals surface area contributed by atoms with Gasteiger partial charge in [-0.2, -0.15) is 0 Å². The third-order valence-electron chi connectivity index (χ3n) is 2.23. The fraction of sp³-hybridized carbons (Fsp3) is 0.778. The second kappa shape index (κ2) is 3.20. The van der Waals surface area contributed by atoms with Crippen molar-refractivity contribution in [3.8, 4) is 0 Å². The van der Waals surface area contributed by atoms with E-state index in [4.69, 9.17) is 4.74 Å². The van der Waals surface area contributed by atoms with Crippen LogP contribution >= 0.6 is 0 Å². The molecule has 0 amide bonds. The van der Waals surface area contributed by atoms with Gasteiger partial charge < -0.3 is 4.74 Å². The van der Waals surface area contributed by atoms with Crippen LogP contribution in [-0.4, -0.2) is 12.2 Å². The second-order valence-electron chi connectivity index (χ2n) is 3.02. The maximum atomic E-state index is 5.30. The summed E-state index contributed by atoms with van der Waals surface area (Å²) in [4.78, 5) is 0. The van der Waals surface area contributed by atoms with Gasteiger partial charge in [0.25, 0.3) is 0 Å². The van der Waals surface area contributed by atoms with Crippen molar-refractivity contribution >= 4 is 0 Å². The third-order valence-corrected chi connectivity index (χ3v) is 2.23. The van der Waals surface area contributed by atoms with Crippen LogP contribution in [0.15, 0.2) is 12.7 Å². The molecule has 0 aromatic rings. The van der Waals surface area contributed by atoms with Crippen molar-refractivity contribution < 1.29 is 4.74 Å². The maximum absolute atomic E-state index is 5.30. The summed E-state index contributed by atoms with van der Waals surface area (Å²) >= 11 is 0. The average molecular weight is 140 g/mol. The molecule has 1 aliphatic heterocycles. The molecule has 58 valence electrons. The average Bonchev–Trinajstić information content (AvgIpc) is 2.62. The van der Waals surface area contributed by atoms with Crippen LogP contribution in [0.3, 0.4) is 0 Å². The zero-order chi connectivity index (χ0) is 7.56. The van der Waals surface area contributed by atoms with E-state index in [0.29, 0.717) is 18.1 Å².